The highest BCUT2D eigenvalue weighted by Gasteiger charge is 2.38. The molecule has 8 heteroatoms. The molecule has 0 spiro atoms. The number of benzene rings is 1. The van der Waals surface area contributed by atoms with Crippen LogP contribution >= 0.6 is 0 Å². The second-order valence-corrected chi connectivity index (χ2v) is 6.60. The SMILES string of the molecule is CC1CCCN(C(=O)CN2C(=O)c3ccc([N+](=O)[O-])cc3C2=O)CC1. The number of amides is 3. The van der Waals surface area contributed by atoms with Gasteiger partial charge in [0, 0.05) is 25.2 Å². The van der Waals surface area contributed by atoms with E-state index in [1.165, 1.54) is 12.1 Å². The van der Waals surface area contributed by atoms with Crippen LogP contribution in [0.15, 0.2) is 18.2 Å². The van der Waals surface area contributed by atoms with Gasteiger partial charge in [0.05, 0.1) is 16.1 Å². The number of non-ortho nitro benzene ring substituents is 1. The maximum atomic E-state index is 12.5. The van der Waals surface area contributed by atoms with Crippen molar-refractivity contribution in [3.8, 4) is 0 Å². The average Bonchev–Trinajstić information content (AvgIpc) is 2.74. The number of nitrogens with zero attached hydrogens (tertiary/aromatic N) is 3. The topological polar surface area (TPSA) is 101 Å². The third kappa shape index (κ3) is 3.24. The lowest BCUT2D eigenvalue weighted by Gasteiger charge is -2.23. The molecule has 1 aromatic carbocycles. The zero-order valence-electron chi connectivity index (χ0n) is 13.9. The molecule has 0 saturated carbocycles. The van der Waals surface area contributed by atoms with Crippen LogP contribution in [0.5, 0.6) is 0 Å². The van der Waals surface area contributed by atoms with E-state index < -0.39 is 16.7 Å². The molecule has 1 saturated heterocycles. The minimum absolute atomic E-state index is 0.0171. The molecule has 0 N–H and O–H groups in total. The van der Waals surface area contributed by atoms with Crippen LogP contribution in [-0.4, -0.2) is 52.1 Å². The van der Waals surface area contributed by atoms with Gasteiger partial charge in [-0.2, -0.15) is 0 Å². The Bertz CT molecular complexity index is 761. The molecule has 2 aliphatic rings. The summed E-state index contributed by atoms with van der Waals surface area (Å²) in [4.78, 5) is 50.1. The molecular weight excluding hydrogens is 326 g/mol. The maximum Gasteiger partial charge on any atom is 0.270 e. The Morgan fingerprint density at radius 3 is 2.64 bits per heavy atom. The first-order valence-corrected chi connectivity index (χ1v) is 8.31. The number of rotatable bonds is 3. The van der Waals surface area contributed by atoms with Crippen molar-refractivity contribution in [3.05, 3.63) is 39.4 Å². The van der Waals surface area contributed by atoms with Crippen molar-refractivity contribution in [2.24, 2.45) is 5.92 Å². The predicted molar refractivity (Wildman–Crippen MR) is 88.1 cm³/mol. The summed E-state index contributed by atoms with van der Waals surface area (Å²) in [5.41, 5.74) is -0.168. The minimum atomic E-state index is -0.653. The minimum Gasteiger partial charge on any atom is -0.341 e. The van der Waals surface area contributed by atoms with Gasteiger partial charge in [-0.25, -0.2) is 0 Å². The van der Waals surface area contributed by atoms with Crippen LogP contribution in [0.2, 0.25) is 0 Å². The summed E-state index contributed by atoms with van der Waals surface area (Å²) < 4.78 is 0. The van der Waals surface area contributed by atoms with Crippen molar-refractivity contribution in [2.45, 2.75) is 26.2 Å². The maximum absolute atomic E-state index is 12.5. The molecule has 132 valence electrons. The van der Waals surface area contributed by atoms with Crippen LogP contribution in [-0.2, 0) is 4.79 Å². The largest absolute Gasteiger partial charge is 0.341 e. The zero-order chi connectivity index (χ0) is 18.1. The molecule has 0 bridgehead atoms. The monoisotopic (exact) mass is 345 g/mol. The molecular formula is C17H19N3O5. The third-order valence-corrected chi connectivity index (χ3v) is 4.83. The lowest BCUT2D eigenvalue weighted by atomic mass is 10.0. The van der Waals surface area contributed by atoms with E-state index in [0.29, 0.717) is 19.0 Å². The molecule has 2 heterocycles. The molecule has 0 radical (unpaired) electrons. The Hall–Kier alpha value is -2.77. The molecule has 2 aliphatic heterocycles. The van der Waals surface area contributed by atoms with E-state index in [2.05, 4.69) is 6.92 Å². The van der Waals surface area contributed by atoms with Crippen molar-refractivity contribution in [2.75, 3.05) is 19.6 Å². The van der Waals surface area contributed by atoms with Crippen molar-refractivity contribution >= 4 is 23.4 Å². The number of hydrogen-bond acceptors (Lipinski definition) is 5. The van der Waals surface area contributed by atoms with Gasteiger partial charge in [-0.05, 0) is 31.2 Å². The summed E-state index contributed by atoms with van der Waals surface area (Å²) in [6, 6.07) is 3.55. The molecule has 1 atom stereocenters. The van der Waals surface area contributed by atoms with Gasteiger partial charge in [0.15, 0.2) is 0 Å². The van der Waals surface area contributed by atoms with E-state index >= 15 is 0 Å². The summed E-state index contributed by atoms with van der Waals surface area (Å²) in [5, 5.41) is 10.8. The van der Waals surface area contributed by atoms with Gasteiger partial charge in [-0.1, -0.05) is 6.92 Å². The fourth-order valence-corrected chi connectivity index (χ4v) is 3.28. The highest BCUT2D eigenvalue weighted by molar-refractivity contribution is 6.22. The van der Waals surface area contributed by atoms with Gasteiger partial charge < -0.3 is 4.90 Å². The summed E-state index contributed by atoms with van der Waals surface area (Å²) in [6.45, 7) is 3.06. The van der Waals surface area contributed by atoms with Gasteiger partial charge in [0.1, 0.15) is 6.54 Å². The number of hydrogen-bond donors (Lipinski definition) is 0. The van der Waals surface area contributed by atoms with Crippen LogP contribution in [0.4, 0.5) is 5.69 Å². The second kappa shape index (κ2) is 6.62. The molecule has 1 unspecified atom stereocenters. The molecule has 0 aliphatic carbocycles. The first-order chi connectivity index (χ1) is 11.9. The molecule has 3 amide bonds. The standard InChI is InChI=1S/C17H19N3O5/c1-11-3-2-7-18(8-6-11)15(21)10-19-16(22)13-5-4-12(20(24)25)9-14(13)17(19)23/h4-5,9,11H,2-3,6-8,10H2,1H3. The molecule has 1 fully saturated rings. The number of nitro groups is 1. The molecule has 3 rings (SSSR count). The number of carbonyl (C=O) groups is 3. The van der Waals surface area contributed by atoms with Crippen LogP contribution in [0, 0.1) is 16.0 Å². The fourth-order valence-electron chi connectivity index (χ4n) is 3.28. The van der Waals surface area contributed by atoms with Crippen LogP contribution < -0.4 is 0 Å². The van der Waals surface area contributed by atoms with E-state index in [1.807, 2.05) is 0 Å². The van der Waals surface area contributed by atoms with Crippen LogP contribution in [0.25, 0.3) is 0 Å². The van der Waals surface area contributed by atoms with Gasteiger partial charge in [0.25, 0.3) is 17.5 Å². The highest BCUT2D eigenvalue weighted by Crippen LogP contribution is 2.27. The number of fused-ring (bicyclic) bond motifs is 1. The number of imide groups is 1. The van der Waals surface area contributed by atoms with E-state index in [0.717, 1.165) is 30.2 Å². The average molecular weight is 345 g/mol. The number of carbonyl (C=O) groups excluding carboxylic acids is 3. The van der Waals surface area contributed by atoms with Gasteiger partial charge >= 0.3 is 0 Å². The quantitative estimate of drug-likeness (QED) is 0.473. The van der Waals surface area contributed by atoms with Crippen molar-refractivity contribution in [3.63, 3.8) is 0 Å². The van der Waals surface area contributed by atoms with Crippen LogP contribution in [0.3, 0.4) is 0 Å². The molecule has 1 aromatic rings. The first-order valence-electron chi connectivity index (χ1n) is 8.31. The Morgan fingerprint density at radius 2 is 1.92 bits per heavy atom. The van der Waals surface area contributed by atoms with Crippen molar-refractivity contribution in [1.82, 2.24) is 9.80 Å². The second-order valence-electron chi connectivity index (χ2n) is 6.60. The highest BCUT2D eigenvalue weighted by atomic mass is 16.6. The van der Waals surface area contributed by atoms with E-state index in [-0.39, 0.29) is 29.3 Å². The summed E-state index contributed by atoms with van der Waals surface area (Å²) in [5.74, 6) is -0.942. The molecule has 8 nitrogen and oxygen atoms in total. The molecule has 25 heavy (non-hydrogen) atoms. The lowest BCUT2D eigenvalue weighted by molar-refractivity contribution is -0.384. The van der Waals surface area contributed by atoms with E-state index in [1.54, 1.807) is 4.90 Å². The van der Waals surface area contributed by atoms with E-state index in [4.69, 9.17) is 0 Å². The third-order valence-electron chi connectivity index (χ3n) is 4.83. The Kier molecular flexibility index (Phi) is 4.52. The Balaban J connectivity index is 1.75. The summed E-state index contributed by atoms with van der Waals surface area (Å²) >= 11 is 0. The van der Waals surface area contributed by atoms with Crippen molar-refractivity contribution < 1.29 is 19.3 Å². The Labute approximate surface area is 144 Å². The predicted octanol–water partition coefficient (Wildman–Crippen LogP) is 1.84. The summed E-state index contributed by atoms with van der Waals surface area (Å²) in [6.07, 6.45) is 2.86. The van der Waals surface area contributed by atoms with Crippen LogP contribution in [0.1, 0.15) is 46.9 Å². The van der Waals surface area contributed by atoms with Crippen molar-refractivity contribution in [1.29, 1.82) is 0 Å². The number of likely N-dealkylation sites (tertiary alicyclic amines) is 1. The molecule has 0 aromatic heterocycles. The van der Waals surface area contributed by atoms with E-state index in [9.17, 15) is 24.5 Å². The fraction of sp³-hybridized carbons (Fsp3) is 0.471. The van der Waals surface area contributed by atoms with Gasteiger partial charge in [0.2, 0.25) is 5.91 Å². The number of nitro benzene ring substituents is 1. The lowest BCUT2D eigenvalue weighted by Crippen LogP contribution is -2.43. The normalized spacial score (nSPS) is 20.4. The Morgan fingerprint density at radius 1 is 1.20 bits per heavy atom. The summed E-state index contributed by atoms with van der Waals surface area (Å²) in [7, 11) is 0. The van der Waals surface area contributed by atoms with Gasteiger partial charge in [-0.15, -0.1) is 0 Å². The zero-order valence-corrected chi connectivity index (χ0v) is 13.9. The first kappa shape index (κ1) is 17.1. The smallest absolute Gasteiger partial charge is 0.270 e. The van der Waals surface area contributed by atoms with Gasteiger partial charge in [-0.3, -0.25) is 29.4 Å².